The van der Waals surface area contributed by atoms with Crippen molar-refractivity contribution in [2.24, 2.45) is 0 Å². The van der Waals surface area contributed by atoms with E-state index in [1.54, 1.807) is 0 Å². The summed E-state index contributed by atoms with van der Waals surface area (Å²) in [4.78, 5) is 15.1. The Kier molecular flexibility index (Phi) is 3.32. The van der Waals surface area contributed by atoms with Crippen LogP contribution in [-0.4, -0.2) is 39.9 Å². The van der Waals surface area contributed by atoms with Crippen molar-refractivity contribution in [2.75, 3.05) is 18.0 Å². The molecule has 1 aliphatic rings. The predicted octanol–water partition coefficient (Wildman–Crippen LogP) is 1.80. The highest BCUT2D eigenvalue weighted by Gasteiger charge is 2.57. The first-order chi connectivity index (χ1) is 9.14. The Labute approximate surface area is 112 Å². The first-order valence-electron chi connectivity index (χ1n) is 5.79. The number of aryl methyl sites for hydroxylation is 1. The highest BCUT2D eigenvalue weighted by Crippen LogP contribution is 2.39. The highest BCUT2D eigenvalue weighted by atomic mass is 19.4. The van der Waals surface area contributed by atoms with Crippen LogP contribution in [-0.2, 0) is 0 Å². The van der Waals surface area contributed by atoms with E-state index in [9.17, 15) is 28.4 Å². The molecule has 0 aromatic carbocycles. The molecule has 110 valence electrons. The largest absolute Gasteiger partial charge is 0.418 e. The van der Waals surface area contributed by atoms with Crippen LogP contribution in [0.4, 0.5) is 24.7 Å². The second-order valence-corrected chi connectivity index (χ2v) is 4.79. The van der Waals surface area contributed by atoms with Crippen LogP contribution in [0.3, 0.4) is 0 Å². The summed E-state index contributed by atoms with van der Waals surface area (Å²) < 4.78 is 38.1. The third-order valence-electron chi connectivity index (χ3n) is 3.36. The van der Waals surface area contributed by atoms with Gasteiger partial charge in [0, 0.05) is 18.5 Å². The predicted molar refractivity (Wildman–Crippen MR) is 63.5 cm³/mol. The van der Waals surface area contributed by atoms with Gasteiger partial charge in [-0.05, 0) is 13.0 Å². The number of alkyl halides is 3. The molecule has 1 aromatic rings. The molecule has 0 bridgehead atoms. The number of β-amino-alcohol motifs (C(OH)–C–C–N with tert-alkyl or cyclic N) is 1. The molecule has 6 nitrogen and oxygen atoms in total. The van der Waals surface area contributed by atoms with Gasteiger partial charge in [0.1, 0.15) is 12.0 Å². The fourth-order valence-electron chi connectivity index (χ4n) is 2.12. The number of nitrogens with zero attached hydrogens (tertiary/aromatic N) is 3. The maximum atomic E-state index is 12.7. The fraction of sp³-hybridized carbons (Fsp3) is 0.545. The molecular weight excluding hydrogens is 279 g/mol. The van der Waals surface area contributed by atoms with Crippen molar-refractivity contribution in [1.82, 2.24) is 4.98 Å². The van der Waals surface area contributed by atoms with Gasteiger partial charge in [0.25, 0.3) is 5.69 Å². The first-order valence-corrected chi connectivity index (χ1v) is 5.79. The molecule has 0 radical (unpaired) electrons. The van der Waals surface area contributed by atoms with Crippen molar-refractivity contribution in [3.8, 4) is 0 Å². The lowest BCUT2D eigenvalue weighted by molar-refractivity contribution is -0.385. The van der Waals surface area contributed by atoms with Gasteiger partial charge in [0.05, 0.1) is 11.5 Å². The van der Waals surface area contributed by atoms with Crippen LogP contribution < -0.4 is 4.90 Å². The molecule has 9 heteroatoms. The molecule has 20 heavy (non-hydrogen) atoms. The minimum atomic E-state index is -4.71. The average molecular weight is 291 g/mol. The number of hydrogen-bond acceptors (Lipinski definition) is 5. The van der Waals surface area contributed by atoms with Gasteiger partial charge in [-0.2, -0.15) is 13.2 Å². The topological polar surface area (TPSA) is 79.5 Å². The average Bonchev–Trinajstić information content (AvgIpc) is 2.72. The summed E-state index contributed by atoms with van der Waals surface area (Å²) in [6.07, 6.45) is -4.15. The van der Waals surface area contributed by atoms with Crippen LogP contribution in [0.15, 0.2) is 12.3 Å². The van der Waals surface area contributed by atoms with Crippen molar-refractivity contribution in [2.45, 2.75) is 25.1 Å². The lowest BCUT2D eigenvalue weighted by Crippen LogP contribution is -2.47. The normalized spacial score (nSPS) is 23.1. The molecule has 0 spiro atoms. The van der Waals surface area contributed by atoms with E-state index in [2.05, 4.69) is 4.98 Å². The van der Waals surface area contributed by atoms with Crippen LogP contribution >= 0.6 is 0 Å². The summed E-state index contributed by atoms with van der Waals surface area (Å²) >= 11 is 0. The standard InChI is InChI=1S/C11H12F3N3O3/c1-7-4-9(15-5-8(7)17(19)20)16-3-2-10(18,6-16)11(12,13)14/h4-5,18H,2-3,6H2,1H3. The van der Waals surface area contributed by atoms with E-state index in [4.69, 9.17) is 0 Å². The quantitative estimate of drug-likeness (QED) is 0.664. The third-order valence-corrected chi connectivity index (χ3v) is 3.36. The van der Waals surface area contributed by atoms with E-state index in [1.807, 2.05) is 0 Å². The van der Waals surface area contributed by atoms with Gasteiger partial charge >= 0.3 is 6.18 Å². The third kappa shape index (κ3) is 2.40. The van der Waals surface area contributed by atoms with Crippen LogP contribution in [0.1, 0.15) is 12.0 Å². The van der Waals surface area contributed by atoms with E-state index in [0.717, 1.165) is 6.20 Å². The molecule has 1 aliphatic heterocycles. The summed E-state index contributed by atoms with van der Waals surface area (Å²) in [7, 11) is 0. The minimum absolute atomic E-state index is 0.0136. The molecule has 0 aliphatic carbocycles. The van der Waals surface area contributed by atoms with Gasteiger partial charge < -0.3 is 10.0 Å². The van der Waals surface area contributed by atoms with Crippen LogP contribution in [0, 0.1) is 17.0 Å². The van der Waals surface area contributed by atoms with Gasteiger partial charge in [-0.3, -0.25) is 10.1 Å². The molecule has 1 fully saturated rings. The first kappa shape index (κ1) is 14.5. The molecule has 2 heterocycles. The molecule has 1 atom stereocenters. The Morgan fingerprint density at radius 2 is 2.20 bits per heavy atom. The number of anilines is 1. The van der Waals surface area contributed by atoms with E-state index in [0.29, 0.717) is 5.56 Å². The Morgan fingerprint density at radius 3 is 2.65 bits per heavy atom. The van der Waals surface area contributed by atoms with Crippen molar-refractivity contribution in [3.63, 3.8) is 0 Å². The van der Waals surface area contributed by atoms with Gasteiger partial charge in [0.2, 0.25) is 0 Å². The van der Waals surface area contributed by atoms with Crippen molar-refractivity contribution < 1.29 is 23.2 Å². The molecule has 2 rings (SSSR count). The van der Waals surface area contributed by atoms with Gasteiger partial charge in [-0.15, -0.1) is 0 Å². The Morgan fingerprint density at radius 1 is 1.55 bits per heavy atom. The summed E-state index contributed by atoms with van der Waals surface area (Å²) in [5.41, 5.74) is -2.65. The molecular formula is C11H12F3N3O3. The fourth-order valence-corrected chi connectivity index (χ4v) is 2.12. The van der Waals surface area contributed by atoms with Crippen LogP contribution in [0.2, 0.25) is 0 Å². The SMILES string of the molecule is Cc1cc(N2CCC(O)(C(F)(F)F)C2)ncc1[N+](=O)[O-]. The van der Waals surface area contributed by atoms with Crippen LogP contribution in [0.25, 0.3) is 0 Å². The molecule has 1 saturated heterocycles. The van der Waals surface area contributed by atoms with E-state index in [-0.39, 0.29) is 18.1 Å². The summed E-state index contributed by atoms with van der Waals surface area (Å²) in [6.45, 7) is 0.844. The number of pyridine rings is 1. The molecule has 0 saturated carbocycles. The van der Waals surface area contributed by atoms with E-state index >= 15 is 0 Å². The summed E-state index contributed by atoms with van der Waals surface area (Å²) in [5.74, 6) is 0.188. The second-order valence-electron chi connectivity index (χ2n) is 4.79. The van der Waals surface area contributed by atoms with Gasteiger partial charge in [0.15, 0.2) is 5.60 Å². The Balaban J connectivity index is 2.23. The number of hydrogen-bond donors (Lipinski definition) is 1. The Bertz CT molecular complexity index is 549. The number of aromatic nitrogens is 1. The van der Waals surface area contributed by atoms with E-state index in [1.165, 1.54) is 17.9 Å². The van der Waals surface area contributed by atoms with Crippen LogP contribution in [0.5, 0.6) is 0 Å². The Hall–Kier alpha value is -1.90. The van der Waals surface area contributed by atoms with Crippen molar-refractivity contribution in [1.29, 1.82) is 0 Å². The summed E-state index contributed by atoms with van der Waals surface area (Å²) in [6, 6.07) is 1.35. The summed E-state index contributed by atoms with van der Waals surface area (Å²) in [5, 5.41) is 20.2. The van der Waals surface area contributed by atoms with Gasteiger partial charge in [-0.1, -0.05) is 0 Å². The van der Waals surface area contributed by atoms with Gasteiger partial charge in [-0.25, -0.2) is 4.98 Å². The molecule has 1 unspecified atom stereocenters. The number of aliphatic hydroxyl groups is 1. The molecule has 0 amide bonds. The maximum Gasteiger partial charge on any atom is 0.418 e. The number of halogens is 3. The minimum Gasteiger partial charge on any atom is -0.379 e. The number of rotatable bonds is 2. The lowest BCUT2D eigenvalue weighted by atomic mass is 10.0. The van der Waals surface area contributed by atoms with E-state index < -0.39 is 29.7 Å². The lowest BCUT2D eigenvalue weighted by Gasteiger charge is -2.26. The zero-order chi connectivity index (χ0) is 15.1. The molecule has 1 aromatic heterocycles. The zero-order valence-electron chi connectivity index (χ0n) is 10.5. The van der Waals surface area contributed by atoms with Crippen molar-refractivity contribution >= 4 is 11.5 Å². The molecule has 1 N–H and O–H groups in total. The smallest absolute Gasteiger partial charge is 0.379 e. The number of nitro groups is 1. The monoisotopic (exact) mass is 291 g/mol. The van der Waals surface area contributed by atoms with Crippen molar-refractivity contribution in [3.05, 3.63) is 27.9 Å². The second kappa shape index (κ2) is 4.58. The maximum absolute atomic E-state index is 12.7. The zero-order valence-corrected chi connectivity index (χ0v) is 10.5. The highest BCUT2D eigenvalue weighted by molar-refractivity contribution is 5.49.